The largest absolute Gasteiger partial charge is 0.480 e. The summed E-state index contributed by atoms with van der Waals surface area (Å²) in [5, 5.41) is 9.12. The highest BCUT2D eigenvalue weighted by Crippen LogP contribution is 2.11. The van der Waals surface area contributed by atoms with Gasteiger partial charge in [-0.1, -0.05) is 23.7 Å². The fourth-order valence-electron chi connectivity index (χ4n) is 1.00. The van der Waals surface area contributed by atoms with Crippen LogP contribution in [-0.2, 0) is 16.1 Å². The van der Waals surface area contributed by atoms with Crippen LogP contribution >= 0.6 is 11.6 Å². The second kappa shape index (κ2) is 5.70. The van der Waals surface area contributed by atoms with E-state index in [1.54, 1.807) is 18.2 Å². The highest BCUT2D eigenvalue weighted by Gasteiger charge is 2.10. The number of halogens is 1. The lowest BCUT2D eigenvalue weighted by Gasteiger charge is -2.07. The van der Waals surface area contributed by atoms with E-state index < -0.39 is 12.0 Å². The van der Waals surface area contributed by atoms with Gasteiger partial charge in [-0.05, 0) is 17.7 Å². The van der Waals surface area contributed by atoms with E-state index in [1.807, 2.05) is 6.07 Å². The van der Waals surface area contributed by atoms with Crippen molar-refractivity contribution in [3.63, 3.8) is 0 Å². The molecule has 1 atom stereocenters. The molecule has 4 nitrogen and oxygen atoms in total. The third kappa shape index (κ3) is 4.29. The van der Waals surface area contributed by atoms with E-state index in [0.29, 0.717) is 11.6 Å². The third-order valence-electron chi connectivity index (χ3n) is 1.77. The summed E-state index contributed by atoms with van der Waals surface area (Å²) in [5.41, 5.74) is 6.15. The highest BCUT2D eigenvalue weighted by molar-refractivity contribution is 6.30. The Morgan fingerprint density at radius 1 is 1.60 bits per heavy atom. The molecule has 1 unspecified atom stereocenters. The van der Waals surface area contributed by atoms with Gasteiger partial charge in [0.25, 0.3) is 0 Å². The smallest absolute Gasteiger partial charge is 0.322 e. The molecule has 0 radical (unpaired) electrons. The van der Waals surface area contributed by atoms with Crippen LogP contribution in [0.5, 0.6) is 0 Å². The first-order valence-corrected chi connectivity index (χ1v) is 4.78. The fraction of sp³-hybridized carbons (Fsp3) is 0.300. The van der Waals surface area contributed by atoms with Crippen LogP contribution in [0.1, 0.15) is 5.56 Å². The molecular formula is C10H12ClNO3. The van der Waals surface area contributed by atoms with E-state index in [1.165, 1.54) is 0 Å². The lowest BCUT2D eigenvalue weighted by atomic mass is 10.2. The van der Waals surface area contributed by atoms with Crippen LogP contribution in [0.3, 0.4) is 0 Å². The first kappa shape index (κ1) is 12.0. The number of ether oxygens (including phenoxy) is 1. The number of carbonyl (C=O) groups is 1. The summed E-state index contributed by atoms with van der Waals surface area (Å²) in [6.45, 7) is 0.295. The van der Waals surface area contributed by atoms with Crippen molar-refractivity contribution in [2.45, 2.75) is 12.6 Å². The number of benzene rings is 1. The minimum atomic E-state index is -1.07. The molecule has 1 aromatic rings. The maximum Gasteiger partial charge on any atom is 0.322 e. The molecule has 82 valence electrons. The lowest BCUT2D eigenvalue weighted by Crippen LogP contribution is -2.34. The van der Waals surface area contributed by atoms with Gasteiger partial charge < -0.3 is 15.6 Å². The van der Waals surface area contributed by atoms with Gasteiger partial charge in [-0.15, -0.1) is 0 Å². The molecule has 1 rings (SSSR count). The summed E-state index contributed by atoms with van der Waals surface area (Å²) >= 11 is 5.76. The van der Waals surface area contributed by atoms with Crippen molar-refractivity contribution in [1.29, 1.82) is 0 Å². The molecule has 0 aliphatic heterocycles. The van der Waals surface area contributed by atoms with E-state index in [9.17, 15) is 4.79 Å². The Kier molecular flexibility index (Phi) is 4.55. The third-order valence-corrected chi connectivity index (χ3v) is 2.01. The summed E-state index contributed by atoms with van der Waals surface area (Å²) in [5.74, 6) is -1.07. The molecule has 3 N–H and O–H groups in total. The van der Waals surface area contributed by atoms with Gasteiger partial charge in [-0.25, -0.2) is 0 Å². The van der Waals surface area contributed by atoms with E-state index in [4.69, 9.17) is 27.2 Å². The highest BCUT2D eigenvalue weighted by atomic mass is 35.5. The monoisotopic (exact) mass is 229 g/mol. The second-order valence-corrected chi connectivity index (χ2v) is 3.53. The fourth-order valence-corrected chi connectivity index (χ4v) is 1.21. The van der Waals surface area contributed by atoms with Crippen LogP contribution in [0, 0.1) is 0 Å². The summed E-state index contributed by atoms with van der Waals surface area (Å²) < 4.78 is 5.13. The summed E-state index contributed by atoms with van der Waals surface area (Å²) in [6, 6.07) is 6.18. The lowest BCUT2D eigenvalue weighted by molar-refractivity contribution is -0.140. The Morgan fingerprint density at radius 2 is 2.33 bits per heavy atom. The van der Waals surface area contributed by atoms with Crippen LogP contribution in [0.4, 0.5) is 0 Å². The Labute approximate surface area is 92.6 Å². The Hall–Kier alpha value is -1.10. The number of hydrogen-bond acceptors (Lipinski definition) is 3. The maximum absolute atomic E-state index is 10.4. The van der Waals surface area contributed by atoms with Gasteiger partial charge in [0.1, 0.15) is 6.04 Å². The van der Waals surface area contributed by atoms with Crippen molar-refractivity contribution in [3.05, 3.63) is 34.9 Å². The van der Waals surface area contributed by atoms with Crippen molar-refractivity contribution in [2.75, 3.05) is 6.61 Å². The van der Waals surface area contributed by atoms with Gasteiger partial charge >= 0.3 is 5.97 Å². The molecule has 0 fully saturated rings. The zero-order valence-electron chi connectivity index (χ0n) is 8.02. The number of carboxylic acid groups (broad SMARTS) is 1. The van der Waals surface area contributed by atoms with Crippen LogP contribution in [0.25, 0.3) is 0 Å². The molecule has 0 saturated heterocycles. The molecule has 0 amide bonds. The number of aliphatic carboxylic acids is 1. The minimum Gasteiger partial charge on any atom is -0.480 e. The summed E-state index contributed by atoms with van der Waals surface area (Å²) in [7, 11) is 0. The SMILES string of the molecule is NC(COCc1cccc(Cl)c1)C(=O)O. The molecule has 0 heterocycles. The Balaban J connectivity index is 2.35. The van der Waals surface area contributed by atoms with E-state index in [-0.39, 0.29) is 6.61 Å². The number of carboxylic acids is 1. The quantitative estimate of drug-likeness (QED) is 0.798. The normalized spacial score (nSPS) is 12.4. The van der Waals surface area contributed by atoms with Gasteiger partial charge in [0, 0.05) is 5.02 Å². The van der Waals surface area contributed by atoms with Crippen LogP contribution in [0.15, 0.2) is 24.3 Å². The molecule has 0 aliphatic rings. The van der Waals surface area contributed by atoms with Crippen LogP contribution in [-0.4, -0.2) is 23.7 Å². The molecule has 1 aromatic carbocycles. The van der Waals surface area contributed by atoms with Crippen molar-refractivity contribution >= 4 is 17.6 Å². The van der Waals surface area contributed by atoms with Gasteiger partial charge in [0.15, 0.2) is 0 Å². The Bertz CT molecular complexity index is 343. The molecule has 15 heavy (non-hydrogen) atoms. The van der Waals surface area contributed by atoms with Gasteiger partial charge in [0.05, 0.1) is 13.2 Å². The average molecular weight is 230 g/mol. The standard InChI is InChI=1S/C10H12ClNO3/c11-8-3-1-2-7(4-8)5-15-6-9(12)10(13)14/h1-4,9H,5-6,12H2,(H,13,14). The molecule has 5 heteroatoms. The zero-order valence-corrected chi connectivity index (χ0v) is 8.78. The zero-order chi connectivity index (χ0) is 11.3. The summed E-state index contributed by atoms with van der Waals surface area (Å²) in [6.07, 6.45) is 0. The number of hydrogen-bond donors (Lipinski definition) is 2. The van der Waals surface area contributed by atoms with Crippen molar-refractivity contribution in [1.82, 2.24) is 0 Å². The minimum absolute atomic E-state index is 0.0121. The van der Waals surface area contributed by atoms with Crippen molar-refractivity contribution in [2.24, 2.45) is 5.73 Å². The summed E-state index contributed by atoms with van der Waals surface area (Å²) in [4.78, 5) is 10.4. The average Bonchev–Trinajstić information content (AvgIpc) is 2.17. The maximum atomic E-state index is 10.4. The molecule has 0 bridgehead atoms. The van der Waals surface area contributed by atoms with Crippen LogP contribution in [0.2, 0.25) is 5.02 Å². The Morgan fingerprint density at radius 3 is 2.93 bits per heavy atom. The molecule has 0 aromatic heterocycles. The van der Waals surface area contributed by atoms with Gasteiger partial charge in [-0.3, -0.25) is 4.79 Å². The van der Waals surface area contributed by atoms with E-state index in [2.05, 4.69) is 0 Å². The first-order valence-electron chi connectivity index (χ1n) is 4.40. The van der Waals surface area contributed by atoms with Gasteiger partial charge in [-0.2, -0.15) is 0 Å². The predicted molar refractivity (Wildman–Crippen MR) is 56.7 cm³/mol. The number of rotatable bonds is 5. The predicted octanol–water partition coefficient (Wildman–Crippen LogP) is 1.27. The molecule has 0 aliphatic carbocycles. The molecule has 0 saturated carbocycles. The molecular weight excluding hydrogens is 218 g/mol. The molecule has 0 spiro atoms. The van der Waals surface area contributed by atoms with E-state index in [0.717, 1.165) is 5.56 Å². The first-order chi connectivity index (χ1) is 7.09. The topological polar surface area (TPSA) is 72.5 Å². The van der Waals surface area contributed by atoms with Crippen molar-refractivity contribution in [3.8, 4) is 0 Å². The van der Waals surface area contributed by atoms with Crippen molar-refractivity contribution < 1.29 is 14.6 Å². The number of nitrogens with two attached hydrogens (primary N) is 1. The van der Waals surface area contributed by atoms with Gasteiger partial charge in [0.2, 0.25) is 0 Å². The van der Waals surface area contributed by atoms with Crippen LogP contribution < -0.4 is 5.73 Å². The second-order valence-electron chi connectivity index (χ2n) is 3.09. The van der Waals surface area contributed by atoms with E-state index >= 15 is 0 Å².